The van der Waals surface area contributed by atoms with Crippen LogP contribution in [0.5, 0.6) is 34.5 Å². The van der Waals surface area contributed by atoms with Crippen molar-refractivity contribution in [3.8, 4) is 34.5 Å². The highest BCUT2D eigenvalue weighted by Gasteiger charge is 2.17. The summed E-state index contributed by atoms with van der Waals surface area (Å²) in [7, 11) is 1.60. The highest BCUT2D eigenvalue weighted by atomic mass is 16.5. The second kappa shape index (κ2) is 8.88. The molecule has 3 rings (SSSR count). The normalized spacial score (nSPS) is 10.4. The topological polar surface area (TPSA) is 108 Å². The molecule has 0 saturated carbocycles. The molecule has 0 radical (unpaired) electrons. The highest BCUT2D eigenvalue weighted by molar-refractivity contribution is 5.99. The third-order valence-electron chi connectivity index (χ3n) is 4.23. The molecule has 0 aromatic heterocycles. The average molecular weight is 395 g/mol. The van der Waals surface area contributed by atoms with Crippen LogP contribution in [0.4, 0.5) is 0 Å². The molecule has 29 heavy (non-hydrogen) atoms. The second-order valence-corrected chi connectivity index (χ2v) is 6.29. The second-order valence-electron chi connectivity index (χ2n) is 6.29. The number of aromatic hydroxyl groups is 3. The zero-order chi connectivity index (χ0) is 20.8. The molecule has 7 nitrogen and oxygen atoms in total. The van der Waals surface area contributed by atoms with E-state index in [-0.39, 0.29) is 11.3 Å². The van der Waals surface area contributed by atoms with E-state index in [0.29, 0.717) is 24.5 Å². The van der Waals surface area contributed by atoms with Crippen molar-refractivity contribution < 1.29 is 29.6 Å². The minimum atomic E-state index is -0.626. The van der Waals surface area contributed by atoms with Crippen molar-refractivity contribution in [2.75, 3.05) is 13.7 Å². The smallest absolute Gasteiger partial charge is 0.258 e. The Morgan fingerprint density at radius 2 is 1.38 bits per heavy atom. The highest BCUT2D eigenvalue weighted by Crippen LogP contribution is 2.31. The molecule has 7 heteroatoms. The minimum Gasteiger partial charge on any atom is -0.508 e. The number of phenolic OH excluding ortho intramolecular Hbond substituents is 3. The molecule has 4 N–H and O–H groups in total. The van der Waals surface area contributed by atoms with Gasteiger partial charge >= 0.3 is 0 Å². The maximum Gasteiger partial charge on any atom is 0.258 e. The van der Waals surface area contributed by atoms with Gasteiger partial charge in [-0.2, -0.15) is 0 Å². The van der Waals surface area contributed by atoms with Crippen LogP contribution in [0, 0.1) is 0 Å². The van der Waals surface area contributed by atoms with Gasteiger partial charge in [0.2, 0.25) is 0 Å². The van der Waals surface area contributed by atoms with Gasteiger partial charge in [-0.15, -0.1) is 0 Å². The van der Waals surface area contributed by atoms with Crippen LogP contribution in [0.1, 0.15) is 15.9 Å². The molecule has 0 bridgehead atoms. The zero-order valence-corrected chi connectivity index (χ0v) is 15.8. The molecular weight excluding hydrogens is 374 g/mol. The summed E-state index contributed by atoms with van der Waals surface area (Å²) in [5.74, 6) is 0.206. The fraction of sp³-hybridized carbons (Fsp3) is 0.136. The molecule has 0 aliphatic rings. The van der Waals surface area contributed by atoms with Crippen LogP contribution >= 0.6 is 0 Å². The van der Waals surface area contributed by atoms with Gasteiger partial charge in [-0.25, -0.2) is 0 Å². The van der Waals surface area contributed by atoms with Gasteiger partial charge in [-0.3, -0.25) is 4.79 Å². The Morgan fingerprint density at radius 3 is 1.93 bits per heavy atom. The number of benzene rings is 3. The van der Waals surface area contributed by atoms with Crippen molar-refractivity contribution in [3.63, 3.8) is 0 Å². The SMILES string of the molecule is COc1ccc(Oc2ccc(CCNC(=O)c3c(O)cc(O)cc3O)cc2)cc1. The number of amides is 1. The van der Waals surface area contributed by atoms with Crippen molar-refractivity contribution in [1.82, 2.24) is 5.32 Å². The summed E-state index contributed by atoms with van der Waals surface area (Å²) < 4.78 is 10.9. The maximum absolute atomic E-state index is 12.1. The maximum atomic E-state index is 12.1. The van der Waals surface area contributed by atoms with Gasteiger partial charge in [0.15, 0.2) is 0 Å². The van der Waals surface area contributed by atoms with Gasteiger partial charge in [-0.1, -0.05) is 12.1 Å². The van der Waals surface area contributed by atoms with E-state index in [1.54, 1.807) is 7.11 Å². The summed E-state index contributed by atoms with van der Waals surface area (Å²) in [4.78, 5) is 12.1. The monoisotopic (exact) mass is 395 g/mol. The van der Waals surface area contributed by atoms with Gasteiger partial charge in [0.25, 0.3) is 5.91 Å². The quantitative estimate of drug-likeness (QED) is 0.487. The molecule has 1 amide bonds. The first kappa shape index (κ1) is 19.9. The molecule has 0 atom stereocenters. The lowest BCUT2D eigenvalue weighted by atomic mass is 10.1. The first-order chi connectivity index (χ1) is 14.0. The summed E-state index contributed by atoms with van der Waals surface area (Å²) in [6, 6.07) is 16.7. The number of hydrogen-bond donors (Lipinski definition) is 4. The van der Waals surface area contributed by atoms with E-state index in [1.807, 2.05) is 48.5 Å². The van der Waals surface area contributed by atoms with Crippen LogP contribution in [0.25, 0.3) is 0 Å². The fourth-order valence-corrected chi connectivity index (χ4v) is 2.74. The zero-order valence-electron chi connectivity index (χ0n) is 15.8. The molecule has 3 aromatic carbocycles. The number of rotatable bonds is 7. The predicted molar refractivity (Wildman–Crippen MR) is 107 cm³/mol. The number of carbonyl (C=O) groups is 1. The molecule has 0 aliphatic heterocycles. The van der Waals surface area contributed by atoms with E-state index in [1.165, 1.54) is 0 Å². The Balaban J connectivity index is 1.53. The number of methoxy groups -OCH3 is 1. The first-order valence-corrected chi connectivity index (χ1v) is 8.90. The van der Waals surface area contributed by atoms with Crippen LogP contribution in [0.3, 0.4) is 0 Å². The van der Waals surface area contributed by atoms with Gasteiger partial charge < -0.3 is 30.1 Å². The van der Waals surface area contributed by atoms with Crippen molar-refractivity contribution in [3.05, 3.63) is 71.8 Å². The standard InChI is InChI=1S/C22H21NO6/c1-28-16-6-8-18(9-7-16)29-17-4-2-14(3-5-17)10-11-23-22(27)21-19(25)12-15(24)13-20(21)26/h2-9,12-13,24-26H,10-11H2,1H3,(H,23,27). The Kier molecular flexibility index (Phi) is 6.09. The van der Waals surface area contributed by atoms with Crippen LogP contribution in [-0.4, -0.2) is 34.9 Å². The third-order valence-corrected chi connectivity index (χ3v) is 4.23. The van der Waals surface area contributed by atoms with Crippen LogP contribution < -0.4 is 14.8 Å². The number of nitrogens with one attached hydrogen (secondary N) is 1. The summed E-state index contributed by atoms with van der Waals surface area (Å²) in [5.41, 5.74) is 0.706. The molecule has 0 fully saturated rings. The minimum absolute atomic E-state index is 0.272. The number of hydrogen-bond acceptors (Lipinski definition) is 6. The predicted octanol–water partition coefficient (Wildman–Crippen LogP) is 3.58. The first-order valence-electron chi connectivity index (χ1n) is 8.90. The lowest BCUT2D eigenvalue weighted by molar-refractivity contribution is 0.0948. The van der Waals surface area contributed by atoms with E-state index in [9.17, 15) is 20.1 Å². The molecule has 0 unspecified atom stereocenters. The molecule has 0 heterocycles. The van der Waals surface area contributed by atoms with Crippen molar-refractivity contribution >= 4 is 5.91 Å². The van der Waals surface area contributed by atoms with Crippen molar-refractivity contribution in [1.29, 1.82) is 0 Å². The molecule has 0 spiro atoms. The molecule has 0 aliphatic carbocycles. The van der Waals surface area contributed by atoms with Gasteiger partial charge in [-0.05, 0) is 48.4 Å². The average Bonchev–Trinajstić information content (AvgIpc) is 2.69. The van der Waals surface area contributed by atoms with Crippen molar-refractivity contribution in [2.45, 2.75) is 6.42 Å². The summed E-state index contributed by atoms with van der Waals surface area (Å²) in [5, 5.41) is 31.4. The van der Waals surface area contributed by atoms with E-state index < -0.39 is 17.4 Å². The molecular formula is C22H21NO6. The van der Waals surface area contributed by atoms with Crippen LogP contribution in [-0.2, 0) is 6.42 Å². The Hall–Kier alpha value is -3.87. The van der Waals surface area contributed by atoms with Crippen molar-refractivity contribution in [2.24, 2.45) is 0 Å². The Bertz CT molecular complexity index is 960. The molecule has 0 saturated heterocycles. The molecule has 150 valence electrons. The van der Waals surface area contributed by atoms with E-state index >= 15 is 0 Å². The number of ether oxygens (including phenoxy) is 2. The lowest BCUT2D eigenvalue weighted by Gasteiger charge is -2.10. The summed E-state index contributed by atoms with van der Waals surface area (Å²) in [6.45, 7) is 0.303. The van der Waals surface area contributed by atoms with Crippen LogP contribution in [0.15, 0.2) is 60.7 Å². The summed E-state index contributed by atoms with van der Waals surface area (Å²) in [6.07, 6.45) is 0.550. The Labute approximate surface area is 167 Å². The lowest BCUT2D eigenvalue weighted by Crippen LogP contribution is -2.25. The van der Waals surface area contributed by atoms with E-state index in [2.05, 4.69) is 5.32 Å². The van der Waals surface area contributed by atoms with E-state index in [0.717, 1.165) is 23.4 Å². The summed E-state index contributed by atoms with van der Waals surface area (Å²) >= 11 is 0. The largest absolute Gasteiger partial charge is 0.508 e. The fourth-order valence-electron chi connectivity index (χ4n) is 2.74. The van der Waals surface area contributed by atoms with Gasteiger partial charge in [0, 0.05) is 18.7 Å². The third kappa shape index (κ3) is 5.10. The Morgan fingerprint density at radius 1 is 0.862 bits per heavy atom. The van der Waals surface area contributed by atoms with Crippen LogP contribution in [0.2, 0.25) is 0 Å². The number of phenols is 3. The molecule has 3 aromatic rings. The number of carbonyl (C=O) groups excluding carboxylic acids is 1. The van der Waals surface area contributed by atoms with Gasteiger partial charge in [0.1, 0.15) is 40.1 Å². The van der Waals surface area contributed by atoms with Gasteiger partial charge in [0.05, 0.1) is 7.11 Å². The van der Waals surface area contributed by atoms with E-state index in [4.69, 9.17) is 9.47 Å².